The highest BCUT2D eigenvalue weighted by Crippen LogP contribution is 2.44. The van der Waals surface area contributed by atoms with Crippen molar-refractivity contribution in [2.45, 2.75) is 13.1 Å². The van der Waals surface area contributed by atoms with E-state index >= 15 is 0 Å². The Morgan fingerprint density at radius 1 is 0.564 bits per heavy atom. The number of amidine groups is 2. The molecule has 0 bridgehead atoms. The van der Waals surface area contributed by atoms with E-state index in [-0.39, 0.29) is 6.17 Å². The number of hydrogen-bond donors (Lipinski definition) is 1. The Bertz CT molecular complexity index is 3210. The Kier molecular flexibility index (Phi) is 7.29. The molecule has 3 heterocycles. The third-order valence-electron chi connectivity index (χ3n) is 10.8. The van der Waals surface area contributed by atoms with Gasteiger partial charge in [-0.25, -0.2) is 9.98 Å². The third kappa shape index (κ3) is 5.35. The lowest BCUT2D eigenvalue weighted by Crippen LogP contribution is -2.33. The Hall–Kier alpha value is -6.82. The van der Waals surface area contributed by atoms with Crippen LogP contribution in [0.5, 0.6) is 0 Å². The molecule has 1 N–H and O–H groups in total. The summed E-state index contributed by atoms with van der Waals surface area (Å²) in [5.41, 5.74) is 10.6. The second-order valence-corrected chi connectivity index (χ2v) is 15.3. The third-order valence-corrected chi connectivity index (χ3v) is 12.0. The van der Waals surface area contributed by atoms with Crippen LogP contribution in [-0.2, 0) is 0 Å². The van der Waals surface area contributed by atoms with E-state index in [2.05, 4.69) is 164 Å². The van der Waals surface area contributed by atoms with E-state index in [0.29, 0.717) is 5.84 Å². The number of aryl methyl sites for hydroxylation is 1. The average Bonchev–Trinajstić information content (AvgIpc) is 3.81. The number of aliphatic imine (C=N–C) groups is 2. The zero-order valence-electron chi connectivity index (χ0n) is 30.0. The largest absolute Gasteiger partial charge is 0.456 e. The zero-order chi connectivity index (χ0) is 36.5. The fourth-order valence-corrected chi connectivity index (χ4v) is 9.43. The molecule has 10 aromatic rings. The second kappa shape index (κ2) is 12.7. The number of fused-ring (bicyclic) bond motifs is 7. The van der Waals surface area contributed by atoms with Crippen LogP contribution < -0.4 is 5.32 Å². The van der Waals surface area contributed by atoms with Crippen molar-refractivity contribution >= 4 is 75.9 Å². The quantitative estimate of drug-likeness (QED) is 0.192. The summed E-state index contributed by atoms with van der Waals surface area (Å²) in [6.07, 6.45) is -0.333. The lowest BCUT2D eigenvalue weighted by atomic mass is 9.94. The lowest BCUT2D eigenvalue weighted by molar-refractivity contribution is 0.668. The summed E-state index contributed by atoms with van der Waals surface area (Å²) in [5, 5.41) is 10.8. The first-order valence-corrected chi connectivity index (χ1v) is 19.4. The Labute approximate surface area is 321 Å². The van der Waals surface area contributed by atoms with Gasteiger partial charge in [-0.1, -0.05) is 139 Å². The molecule has 260 valence electrons. The van der Waals surface area contributed by atoms with Gasteiger partial charge >= 0.3 is 0 Å². The van der Waals surface area contributed by atoms with Crippen LogP contribution in [-0.4, -0.2) is 11.7 Å². The van der Waals surface area contributed by atoms with Gasteiger partial charge in [-0.3, -0.25) is 0 Å². The lowest BCUT2D eigenvalue weighted by Gasteiger charge is -2.24. The minimum Gasteiger partial charge on any atom is -0.456 e. The molecule has 0 saturated heterocycles. The van der Waals surface area contributed by atoms with Gasteiger partial charge in [0.05, 0.1) is 0 Å². The van der Waals surface area contributed by atoms with E-state index in [1.165, 1.54) is 47.6 Å². The standard InChI is InChI=1S/C50H33N3OS/c1-30-12-9-16-32(26-30)33-24-25-39-43(29-33)54-42-22-11-21-40(46(39)42)50-52-48(31-13-3-2-4-14-31)51-49(53-50)36-18-10-17-35(27-36)45-37-19-6-5-15-34(37)28-41-38-20-7-8-23-44(38)55-47(41)45/h2-29,48H,1H3,(H,51,52,53). The van der Waals surface area contributed by atoms with Gasteiger partial charge in [-0.05, 0) is 76.3 Å². The molecule has 0 amide bonds. The predicted octanol–water partition coefficient (Wildman–Crippen LogP) is 13.2. The van der Waals surface area contributed by atoms with Crippen LogP contribution in [0.3, 0.4) is 0 Å². The first kappa shape index (κ1) is 31.7. The molecule has 11 rings (SSSR count). The molecule has 5 heteroatoms. The maximum atomic E-state index is 6.54. The number of nitrogens with one attached hydrogen (secondary N) is 1. The van der Waals surface area contributed by atoms with Crippen LogP contribution in [0.4, 0.5) is 0 Å². The molecule has 0 aliphatic carbocycles. The van der Waals surface area contributed by atoms with Gasteiger partial charge in [-0.2, -0.15) is 0 Å². The SMILES string of the molecule is Cc1cccc(-c2ccc3c(c2)oc2cccc(C4=NC(c5ccccc5)NC(c5cccc(-c6c7ccccc7cc7c6sc6ccccc67)c5)=N4)c23)c1. The molecule has 1 aliphatic rings. The molecule has 8 aromatic carbocycles. The maximum absolute atomic E-state index is 6.54. The molecule has 2 aromatic heterocycles. The van der Waals surface area contributed by atoms with Gasteiger partial charge in [0.25, 0.3) is 0 Å². The Morgan fingerprint density at radius 3 is 2.24 bits per heavy atom. The van der Waals surface area contributed by atoms with E-state index in [1.54, 1.807) is 0 Å². The van der Waals surface area contributed by atoms with Crippen molar-refractivity contribution in [3.8, 4) is 22.3 Å². The highest BCUT2D eigenvalue weighted by Gasteiger charge is 2.24. The van der Waals surface area contributed by atoms with E-state index in [0.717, 1.165) is 55.6 Å². The predicted molar refractivity (Wildman–Crippen MR) is 232 cm³/mol. The molecule has 0 saturated carbocycles. The van der Waals surface area contributed by atoms with Crippen LogP contribution in [0.15, 0.2) is 184 Å². The normalized spacial score (nSPS) is 14.5. The second-order valence-electron chi connectivity index (χ2n) is 14.3. The van der Waals surface area contributed by atoms with E-state index in [9.17, 15) is 0 Å². The zero-order valence-corrected chi connectivity index (χ0v) is 30.8. The molecule has 1 aliphatic heterocycles. The molecule has 0 radical (unpaired) electrons. The van der Waals surface area contributed by atoms with E-state index < -0.39 is 0 Å². The number of benzene rings is 8. The van der Waals surface area contributed by atoms with Crippen LogP contribution in [0.25, 0.3) is 75.1 Å². The summed E-state index contributed by atoms with van der Waals surface area (Å²) < 4.78 is 9.13. The van der Waals surface area contributed by atoms with Gasteiger partial charge in [0.2, 0.25) is 0 Å². The molecule has 1 atom stereocenters. The van der Waals surface area contributed by atoms with E-state index in [1.807, 2.05) is 29.5 Å². The minimum atomic E-state index is -0.333. The minimum absolute atomic E-state index is 0.333. The summed E-state index contributed by atoms with van der Waals surface area (Å²) in [5.74, 6) is 1.45. The topological polar surface area (TPSA) is 49.9 Å². The monoisotopic (exact) mass is 723 g/mol. The number of thiophene rings is 1. The summed E-state index contributed by atoms with van der Waals surface area (Å²) in [4.78, 5) is 10.6. The van der Waals surface area contributed by atoms with Crippen molar-refractivity contribution in [1.82, 2.24) is 5.32 Å². The molecular weight excluding hydrogens is 691 g/mol. The first-order valence-electron chi connectivity index (χ1n) is 18.6. The first-order chi connectivity index (χ1) is 27.1. The summed E-state index contributed by atoms with van der Waals surface area (Å²) in [7, 11) is 0. The molecule has 55 heavy (non-hydrogen) atoms. The maximum Gasteiger partial charge on any atom is 0.160 e. The van der Waals surface area contributed by atoms with Gasteiger partial charge in [0.15, 0.2) is 5.84 Å². The van der Waals surface area contributed by atoms with Crippen molar-refractivity contribution in [3.05, 3.63) is 192 Å². The van der Waals surface area contributed by atoms with Gasteiger partial charge in [-0.15, -0.1) is 11.3 Å². The Morgan fingerprint density at radius 2 is 1.33 bits per heavy atom. The van der Waals surface area contributed by atoms with Gasteiger partial charge < -0.3 is 9.73 Å². The van der Waals surface area contributed by atoms with Crippen LogP contribution in [0.1, 0.15) is 28.4 Å². The molecular formula is C50H33N3OS. The van der Waals surface area contributed by atoms with Crippen LogP contribution in [0, 0.1) is 6.92 Å². The van der Waals surface area contributed by atoms with Gasteiger partial charge in [0.1, 0.15) is 23.2 Å². The number of hydrogen-bond acceptors (Lipinski definition) is 5. The molecule has 0 spiro atoms. The molecule has 4 nitrogen and oxygen atoms in total. The van der Waals surface area contributed by atoms with Crippen molar-refractivity contribution in [2.75, 3.05) is 0 Å². The fourth-order valence-electron chi connectivity index (χ4n) is 8.17. The molecule has 1 unspecified atom stereocenters. The highest BCUT2D eigenvalue weighted by molar-refractivity contribution is 7.26. The fraction of sp³-hybridized carbons (Fsp3) is 0.0400. The van der Waals surface area contributed by atoms with Crippen molar-refractivity contribution < 1.29 is 4.42 Å². The number of nitrogens with zero attached hydrogens (tertiary/aromatic N) is 2. The molecule has 0 fully saturated rings. The van der Waals surface area contributed by atoms with Crippen LogP contribution >= 0.6 is 11.3 Å². The smallest absolute Gasteiger partial charge is 0.160 e. The number of rotatable bonds is 5. The van der Waals surface area contributed by atoms with Crippen LogP contribution in [0.2, 0.25) is 0 Å². The van der Waals surface area contributed by atoms with Gasteiger partial charge in [0, 0.05) is 47.6 Å². The highest BCUT2D eigenvalue weighted by atomic mass is 32.1. The van der Waals surface area contributed by atoms with Crippen molar-refractivity contribution in [3.63, 3.8) is 0 Å². The summed E-state index contributed by atoms with van der Waals surface area (Å²) >= 11 is 1.86. The average molecular weight is 724 g/mol. The number of furan rings is 1. The summed E-state index contributed by atoms with van der Waals surface area (Å²) in [6.45, 7) is 2.12. The summed E-state index contributed by atoms with van der Waals surface area (Å²) in [6, 6.07) is 60.3. The van der Waals surface area contributed by atoms with Crippen molar-refractivity contribution in [1.29, 1.82) is 0 Å². The van der Waals surface area contributed by atoms with Crippen molar-refractivity contribution in [2.24, 2.45) is 9.98 Å². The Balaban J connectivity index is 1.08. The van der Waals surface area contributed by atoms with E-state index in [4.69, 9.17) is 14.4 Å².